The molecule has 2 N–H and O–H groups in total. The Kier molecular flexibility index (Phi) is 8.82. The first-order chi connectivity index (χ1) is 10.2. The van der Waals surface area contributed by atoms with Crippen LogP contribution in [0.1, 0.15) is 39.5 Å². The van der Waals surface area contributed by atoms with Gasteiger partial charge < -0.3 is 10.6 Å². The second kappa shape index (κ2) is 10.1. The van der Waals surface area contributed by atoms with Crippen molar-refractivity contribution in [3.63, 3.8) is 0 Å². The average Bonchev–Trinajstić information content (AvgIpc) is 2.98. The number of nitrogens with zero attached hydrogens (tertiary/aromatic N) is 3. The molecule has 1 atom stereocenters. The molecule has 1 saturated carbocycles. The lowest BCUT2D eigenvalue weighted by Gasteiger charge is -2.28. The molecule has 0 saturated heterocycles. The van der Waals surface area contributed by atoms with Crippen LogP contribution in [0.15, 0.2) is 23.5 Å². The number of rotatable bonds is 5. The minimum atomic E-state index is 0. The number of hydrogen-bond donors (Lipinski definition) is 2. The van der Waals surface area contributed by atoms with Crippen LogP contribution in [0.25, 0.3) is 0 Å². The van der Waals surface area contributed by atoms with Gasteiger partial charge in [-0.3, -0.25) is 9.67 Å². The molecule has 1 aromatic rings. The van der Waals surface area contributed by atoms with Crippen molar-refractivity contribution in [2.24, 2.45) is 16.8 Å². The Morgan fingerprint density at radius 2 is 2.09 bits per heavy atom. The molecule has 1 heterocycles. The predicted octanol–water partition coefficient (Wildman–Crippen LogP) is 2.88. The molecule has 0 spiro atoms. The van der Waals surface area contributed by atoms with Crippen LogP contribution in [0.2, 0.25) is 0 Å². The van der Waals surface area contributed by atoms with E-state index < -0.39 is 0 Å². The van der Waals surface area contributed by atoms with Crippen molar-refractivity contribution in [3.05, 3.63) is 18.5 Å². The highest BCUT2D eigenvalue weighted by atomic mass is 127. The highest BCUT2D eigenvalue weighted by Crippen LogP contribution is 2.23. The molecule has 22 heavy (non-hydrogen) atoms. The lowest BCUT2D eigenvalue weighted by atomic mass is 9.87. The Labute approximate surface area is 151 Å². The van der Waals surface area contributed by atoms with Gasteiger partial charge in [-0.2, -0.15) is 5.10 Å². The number of hydrogen-bond acceptors (Lipinski definition) is 2. The van der Waals surface area contributed by atoms with Crippen molar-refractivity contribution < 1.29 is 0 Å². The molecular weight excluding hydrogens is 389 g/mol. The Morgan fingerprint density at radius 1 is 1.36 bits per heavy atom. The number of halogens is 1. The van der Waals surface area contributed by atoms with E-state index in [0.717, 1.165) is 25.0 Å². The zero-order valence-corrected chi connectivity index (χ0v) is 16.3. The second-order valence-electron chi connectivity index (χ2n) is 6.39. The molecule has 1 aliphatic rings. The van der Waals surface area contributed by atoms with Gasteiger partial charge in [0.15, 0.2) is 5.96 Å². The predicted molar refractivity (Wildman–Crippen MR) is 103 cm³/mol. The van der Waals surface area contributed by atoms with Crippen LogP contribution < -0.4 is 10.6 Å². The summed E-state index contributed by atoms with van der Waals surface area (Å²) in [7, 11) is 1.85. The first-order valence-electron chi connectivity index (χ1n) is 8.12. The molecule has 1 unspecified atom stereocenters. The van der Waals surface area contributed by atoms with E-state index in [2.05, 4.69) is 34.6 Å². The normalized spacial score (nSPS) is 23.5. The zero-order valence-electron chi connectivity index (χ0n) is 14.0. The number of aromatic nitrogens is 2. The van der Waals surface area contributed by atoms with Gasteiger partial charge in [0.05, 0.1) is 0 Å². The fourth-order valence-corrected chi connectivity index (χ4v) is 2.86. The third-order valence-electron chi connectivity index (χ3n) is 4.26. The van der Waals surface area contributed by atoms with E-state index in [1.165, 1.54) is 25.7 Å². The monoisotopic (exact) mass is 419 g/mol. The zero-order chi connectivity index (χ0) is 15.1. The first kappa shape index (κ1) is 19.3. The van der Waals surface area contributed by atoms with Crippen LogP contribution in [0.5, 0.6) is 0 Å². The molecular formula is C16H30IN5. The Bertz CT molecular complexity index is 424. The molecule has 126 valence electrons. The highest BCUT2D eigenvalue weighted by molar-refractivity contribution is 14.0. The largest absolute Gasteiger partial charge is 0.356 e. The smallest absolute Gasteiger partial charge is 0.191 e. The minimum Gasteiger partial charge on any atom is -0.356 e. The molecule has 2 rings (SSSR count). The van der Waals surface area contributed by atoms with Crippen LogP contribution in [0.4, 0.5) is 0 Å². The van der Waals surface area contributed by atoms with Crippen molar-refractivity contribution in [1.29, 1.82) is 0 Å². The number of nitrogens with one attached hydrogen (secondary N) is 2. The third-order valence-corrected chi connectivity index (χ3v) is 4.26. The molecule has 0 radical (unpaired) electrons. The molecule has 1 aromatic heterocycles. The van der Waals surface area contributed by atoms with E-state index in [1.54, 1.807) is 0 Å². The SMILES string of the molecule is CN=C(NCC(C)Cn1cccn1)NC1CCC(C)CC1.I. The molecule has 0 bridgehead atoms. The molecule has 1 aliphatic carbocycles. The molecule has 0 aromatic carbocycles. The van der Waals surface area contributed by atoms with Crippen molar-refractivity contribution in [1.82, 2.24) is 20.4 Å². The summed E-state index contributed by atoms with van der Waals surface area (Å²) in [4.78, 5) is 4.34. The molecule has 1 fully saturated rings. The molecule has 6 heteroatoms. The quantitative estimate of drug-likeness (QED) is 0.439. The summed E-state index contributed by atoms with van der Waals surface area (Å²) in [5, 5.41) is 11.2. The highest BCUT2D eigenvalue weighted by Gasteiger charge is 2.18. The van der Waals surface area contributed by atoms with Crippen LogP contribution in [0.3, 0.4) is 0 Å². The van der Waals surface area contributed by atoms with Crippen molar-refractivity contribution in [3.8, 4) is 0 Å². The maximum atomic E-state index is 4.34. The van der Waals surface area contributed by atoms with Crippen LogP contribution in [0, 0.1) is 11.8 Å². The van der Waals surface area contributed by atoms with Crippen LogP contribution in [-0.4, -0.2) is 35.4 Å². The van der Waals surface area contributed by atoms with Gasteiger partial charge in [0.2, 0.25) is 0 Å². The average molecular weight is 419 g/mol. The van der Waals surface area contributed by atoms with Gasteiger partial charge in [-0.25, -0.2) is 0 Å². The van der Waals surface area contributed by atoms with E-state index in [1.807, 2.05) is 30.2 Å². The topological polar surface area (TPSA) is 54.2 Å². The van der Waals surface area contributed by atoms with E-state index in [4.69, 9.17) is 0 Å². The third kappa shape index (κ3) is 6.54. The fourth-order valence-electron chi connectivity index (χ4n) is 2.86. The van der Waals surface area contributed by atoms with E-state index >= 15 is 0 Å². The second-order valence-corrected chi connectivity index (χ2v) is 6.39. The Morgan fingerprint density at radius 3 is 2.68 bits per heavy atom. The van der Waals surface area contributed by atoms with Gasteiger partial charge in [0.25, 0.3) is 0 Å². The lowest BCUT2D eigenvalue weighted by Crippen LogP contribution is -2.46. The van der Waals surface area contributed by atoms with E-state index in [0.29, 0.717) is 12.0 Å². The van der Waals surface area contributed by atoms with Gasteiger partial charge in [-0.15, -0.1) is 24.0 Å². The number of guanidine groups is 1. The van der Waals surface area contributed by atoms with Gasteiger partial charge >= 0.3 is 0 Å². The van der Waals surface area contributed by atoms with E-state index in [-0.39, 0.29) is 24.0 Å². The van der Waals surface area contributed by atoms with Gasteiger partial charge in [0, 0.05) is 38.6 Å². The minimum absolute atomic E-state index is 0. The van der Waals surface area contributed by atoms with Crippen LogP contribution >= 0.6 is 24.0 Å². The summed E-state index contributed by atoms with van der Waals surface area (Å²) in [6, 6.07) is 2.54. The fraction of sp³-hybridized carbons (Fsp3) is 0.750. The lowest BCUT2D eigenvalue weighted by molar-refractivity contribution is 0.328. The molecule has 0 aliphatic heterocycles. The summed E-state index contributed by atoms with van der Waals surface area (Å²) in [6.07, 6.45) is 8.99. The van der Waals surface area contributed by atoms with Gasteiger partial charge in [-0.05, 0) is 43.6 Å². The standard InChI is InChI=1S/C16H29N5.HI/c1-13-5-7-15(8-6-13)20-16(17-3)18-11-14(2)12-21-10-4-9-19-21;/h4,9-10,13-15H,5-8,11-12H2,1-3H3,(H2,17,18,20);1H. The van der Waals surface area contributed by atoms with Crippen molar-refractivity contribution in [2.75, 3.05) is 13.6 Å². The van der Waals surface area contributed by atoms with Crippen LogP contribution in [-0.2, 0) is 6.54 Å². The van der Waals surface area contributed by atoms with Crippen molar-refractivity contribution >= 4 is 29.9 Å². The summed E-state index contributed by atoms with van der Waals surface area (Å²) in [5.74, 6) is 2.32. The summed E-state index contributed by atoms with van der Waals surface area (Å²) < 4.78 is 1.98. The molecule has 5 nitrogen and oxygen atoms in total. The number of aliphatic imine (C=N–C) groups is 1. The first-order valence-corrected chi connectivity index (χ1v) is 8.12. The van der Waals surface area contributed by atoms with Gasteiger partial charge in [-0.1, -0.05) is 13.8 Å². The maximum absolute atomic E-state index is 4.34. The van der Waals surface area contributed by atoms with Crippen molar-refractivity contribution in [2.45, 2.75) is 52.1 Å². The van der Waals surface area contributed by atoms with E-state index in [9.17, 15) is 0 Å². The Hall–Kier alpha value is -0.790. The maximum Gasteiger partial charge on any atom is 0.191 e. The summed E-state index contributed by atoms with van der Waals surface area (Å²) >= 11 is 0. The summed E-state index contributed by atoms with van der Waals surface area (Å²) in [6.45, 7) is 6.41. The van der Waals surface area contributed by atoms with Gasteiger partial charge in [0.1, 0.15) is 0 Å². The Balaban J connectivity index is 0.00000242. The molecule has 0 amide bonds. The summed E-state index contributed by atoms with van der Waals surface area (Å²) in [5.41, 5.74) is 0.